The van der Waals surface area contributed by atoms with Gasteiger partial charge in [0.05, 0.1) is 17.2 Å². The van der Waals surface area contributed by atoms with Crippen LogP contribution < -0.4 is 0 Å². The first-order chi connectivity index (χ1) is 18.3. The maximum absolute atomic E-state index is 13.7. The van der Waals surface area contributed by atoms with Crippen molar-refractivity contribution in [2.45, 2.75) is 50.6 Å². The molecule has 1 aliphatic heterocycles. The number of carbonyl (C=O) groups is 2. The fraction of sp³-hybridized carbons (Fsp3) is 0.357. The number of alkyl halides is 6. The van der Waals surface area contributed by atoms with E-state index in [0.29, 0.717) is 37.9 Å². The Bertz CT molecular complexity index is 1360. The van der Waals surface area contributed by atoms with Crippen LogP contribution in [0.2, 0.25) is 0 Å². The van der Waals surface area contributed by atoms with Gasteiger partial charge in [0.15, 0.2) is 0 Å². The van der Waals surface area contributed by atoms with E-state index in [1.165, 1.54) is 0 Å². The lowest BCUT2D eigenvalue weighted by atomic mass is 9.92. The largest absolute Gasteiger partial charge is 0.416 e. The number of fused-ring (bicyclic) bond motifs is 1. The van der Waals surface area contributed by atoms with E-state index >= 15 is 0 Å². The SMILES string of the molecule is Cc1ccc(C2c3ccsc3CCN2C(=O)CN(C(=O)c2cc(C(F)(F)F)cc(C(F)(F)F)c2)C2CC2)cc1. The first kappa shape index (κ1) is 27.2. The number of rotatable bonds is 5. The molecule has 2 amide bonds. The molecule has 1 unspecified atom stereocenters. The molecule has 3 aromatic rings. The third-order valence-electron chi connectivity index (χ3n) is 7.07. The van der Waals surface area contributed by atoms with Gasteiger partial charge in [0.25, 0.3) is 5.91 Å². The number of carbonyl (C=O) groups excluding carboxylic acids is 2. The first-order valence-corrected chi connectivity index (χ1v) is 13.2. The molecule has 1 aromatic heterocycles. The second-order valence-corrected chi connectivity index (χ2v) is 10.9. The van der Waals surface area contributed by atoms with E-state index in [2.05, 4.69) is 0 Å². The van der Waals surface area contributed by atoms with Crippen molar-refractivity contribution in [2.75, 3.05) is 13.1 Å². The summed E-state index contributed by atoms with van der Waals surface area (Å²) in [7, 11) is 0. The Labute approximate surface area is 224 Å². The molecule has 0 N–H and O–H groups in total. The number of benzene rings is 2. The predicted octanol–water partition coefficient (Wildman–Crippen LogP) is 6.87. The van der Waals surface area contributed by atoms with Gasteiger partial charge in [-0.3, -0.25) is 9.59 Å². The van der Waals surface area contributed by atoms with Gasteiger partial charge in [0.1, 0.15) is 6.54 Å². The fourth-order valence-electron chi connectivity index (χ4n) is 4.93. The molecular formula is C28H24F6N2O2S. The molecule has 0 radical (unpaired) electrons. The maximum atomic E-state index is 13.7. The summed E-state index contributed by atoms with van der Waals surface area (Å²) in [5.74, 6) is -1.44. The van der Waals surface area contributed by atoms with Crippen molar-refractivity contribution >= 4 is 23.2 Å². The minimum absolute atomic E-state index is 0.0122. The Kier molecular flexibility index (Phi) is 6.98. The normalized spacial score (nSPS) is 17.6. The summed E-state index contributed by atoms with van der Waals surface area (Å²) in [4.78, 5) is 31.0. The zero-order valence-corrected chi connectivity index (χ0v) is 21.6. The van der Waals surface area contributed by atoms with Crippen molar-refractivity contribution in [2.24, 2.45) is 0 Å². The summed E-state index contributed by atoms with van der Waals surface area (Å²) in [6, 6.07) is 9.68. The molecule has 1 aliphatic carbocycles. The summed E-state index contributed by atoms with van der Waals surface area (Å²) >= 11 is 1.59. The fourth-order valence-corrected chi connectivity index (χ4v) is 5.83. The van der Waals surface area contributed by atoms with Crippen molar-refractivity contribution in [3.63, 3.8) is 0 Å². The Balaban J connectivity index is 1.46. The van der Waals surface area contributed by atoms with Crippen molar-refractivity contribution in [1.82, 2.24) is 9.80 Å². The summed E-state index contributed by atoms with van der Waals surface area (Å²) in [6.45, 7) is 1.88. The second kappa shape index (κ2) is 10.0. The van der Waals surface area contributed by atoms with Gasteiger partial charge in [-0.05, 0) is 67.0 Å². The lowest BCUT2D eigenvalue weighted by Crippen LogP contribution is -2.47. The smallest absolute Gasteiger partial charge is 0.330 e. The number of nitrogens with zero attached hydrogens (tertiary/aromatic N) is 2. The lowest BCUT2D eigenvalue weighted by molar-refractivity contribution is -0.143. The number of hydrogen-bond acceptors (Lipinski definition) is 3. The average molecular weight is 567 g/mol. The van der Waals surface area contributed by atoms with Crippen LogP contribution in [0.25, 0.3) is 0 Å². The quantitative estimate of drug-likeness (QED) is 0.316. The van der Waals surface area contributed by atoms with Crippen LogP contribution in [0, 0.1) is 6.92 Å². The van der Waals surface area contributed by atoms with Crippen LogP contribution in [0.1, 0.15) is 61.9 Å². The first-order valence-electron chi connectivity index (χ1n) is 12.4. The third-order valence-corrected chi connectivity index (χ3v) is 8.06. The minimum Gasteiger partial charge on any atom is -0.330 e. The van der Waals surface area contributed by atoms with Gasteiger partial charge in [-0.25, -0.2) is 0 Å². The topological polar surface area (TPSA) is 40.6 Å². The Morgan fingerprint density at radius 3 is 2.13 bits per heavy atom. The number of thiophene rings is 1. The van der Waals surface area contributed by atoms with Crippen LogP contribution in [0.5, 0.6) is 0 Å². The summed E-state index contributed by atoms with van der Waals surface area (Å²) in [5.41, 5.74) is -0.981. The van der Waals surface area contributed by atoms with E-state index in [4.69, 9.17) is 0 Å². The zero-order valence-electron chi connectivity index (χ0n) is 20.8. The average Bonchev–Trinajstić information content (AvgIpc) is 3.61. The summed E-state index contributed by atoms with van der Waals surface area (Å²) in [6.07, 6.45) is -8.52. The predicted molar refractivity (Wildman–Crippen MR) is 133 cm³/mol. The highest BCUT2D eigenvalue weighted by Gasteiger charge is 2.41. The molecule has 2 aliphatic rings. The molecule has 206 valence electrons. The van der Waals surface area contributed by atoms with E-state index in [-0.39, 0.29) is 6.07 Å². The van der Waals surface area contributed by atoms with Crippen LogP contribution in [0.3, 0.4) is 0 Å². The monoisotopic (exact) mass is 566 g/mol. The molecular weight excluding hydrogens is 542 g/mol. The summed E-state index contributed by atoms with van der Waals surface area (Å²) < 4.78 is 80.4. The highest BCUT2D eigenvalue weighted by Crippen LogP contribution is 2.40. The second-order valence-electron chi connectivity index (χ2n) is 9.91. The van der Waals surface area contributed by atoms with Gasteiger partial charge < -0.3 is 9.80 Å². The van der Waals surface area contributed by atoms with E-state index in [9.17, 15) is 35.9 Å². The molecule has 1 fully saturated rings. The van der Waals surface area contributed by atoms with Crippen molar-refractivity contribution in [3.8, 4) is 0 Å². The minimum atomic E-state index is -5.08. The van der Waals surface area contributed by atoms with Crippen molar-refractivity contribution in [1.29, 1.82) is 0 Å². The molecule has 0 saturated heterocycles. The van der Waals surface area contributed by atoms with Gasteiger partial charge in [-0.2, -0.15) is 26.3 Å². The lowest BCUT2D eigenvalue weighted by Gasteiger charge is -2.37. The number of amides is 2. The van der Waals surface area contributed by atoms with Gasteiger partial charge >= 0.3 is 12.4 Å². The molecule has 0 spiro atoms. The third kappa shape index (κ3) is 5.68. The van der Waals surface area contributed by atoms with Crippen LogP contribution in [0.15, 0.2) is 53.9 Å². The van der Waals surface area contributed by atoms with Crippen LogP contribution in [0.4, 0.5) is 26.3 Å². The molecule has 2 aromatic carbocycles. The maximum Gasteiger partial charge on any atom is 0.416 e. The molecule has 0 bridgehead atoms. The van der Waals surface area contributed by atoms with Crippen LogP contribution in [-0.2, 0) is 23.6 Å². The van der Waals surface area contributed by atoms with Crippen LogP contribution >= 0.6 is 11.3 Å². The molecule has 5 rings (SSSR count). The summed E-state index contributed by atoms with van der Waals surface area (Å²) in [5, 5.41) is 1.95. The number of halogens is 6. The zero-order chi connectivity index (χ0) is 28.1. The molecule has 2 heterocycles. The van der Waals surface area contributed by atoms with Crippen LogP contribution in [-0.4, -0.2) is 40.7 Å². The number of hydrogen-bond donors (Lipinski definition) is 0. The van der Waals surface area contributed by atoms with E-state index in [1.807, 2.05) is 42.6 Å². The van der Waals surface area contributed by atoms with Gasteiger partial charge in [-0.15, -0.1) is 11.3 Å². The highest BCUT2D eigenvalue weighted by atomic mass is 32.1. The Hall–Kier alpha value is -3.34. The van der Waals surface area contributed by atoms with Gasteiger partial charge in [0, 0.05) is 23.0 Å². The van der Waals surface area contributed by atoms with E-state index in [0.717, 1.165) is 26.5 Å². The number of aryl methyl sites for hydroxylation is 1. The molecule has 1 atom stereocenters. The highest BCUT2D eigenvalue weighted by molar-refractivity contribution is 7.10. The standard InChI is InChI=1S/C28H24F6N2O2S/c1-16-2-4-17(5-3-16)25-22-9-11-39-23(22)8-10-35(25)24(37)15-36(21-6-7-21)26(38)18-12-19(27(29,30)31)14-20(13-18)28(32,33)34/h2-5,9,11-14,21,25H,6-8,10,15H2,1H3. The van der Waals surface area contributed by atoms with Gasteiger partial charge in [0.2, 0.25) is 5.91 Å². The Morgan fingerprint density at radius 2 is 1.56 bits per heavy atom. The molecule has 39 heavy (non-hydrogen) atoms. The molecule has 11 heteroatoms. The van der Waals surface area contributed by atoms with Crippen molar-refractivity contribution < 1.29 is 35.9 Å². The van der Waals surface area contributed by atoms with Gasteiger partial charge in [-0.1, -0.05) is 29.8 Å². The Morgan fingerprint density at radius 1 is 0.949 bits per heavy atom. The van der Waals surface area contributed by atoms with Crippen molar-refractivity contribution in [3.05, 3.63) is 92.2 Å². The van der Waals surface area contributed by atoms with E-state index in [1.54, 1.807) is 16.2 Å². The van der Waals surface area contributed by atoms with E-state index < -0.39 is 59.5 Å². The molecule has 1 saturated carbocycles. The molecule has 4 nitrogen and oxygen atoms in total.